The van der Waals surface area contributed by atoms with Gasteiger partial charge in [-0.1, -0.05) is 13.3 Å². The lowest BCUT2D eigenvalue weighted by Crippen LogP contribution is -2.37. The molecule has 0 bridgehead atoms. The van der Waals surface area contributed by atoms with Crippen LogP contribution < -0.4 is 4.90 Å². The van der Waals surface area contributed by atoms with Crippen LogP contribution in [0.25, 0.3) is 0 Å². The molecule has 1 fully saturated rings. The van der Waals surface area contributed by atoms with E-state index in [1.165, 1.54) is 6.42 Å². The van der Waals surface area contributed by atoms with E-state index < -0.39 is 5.97 Å². The number of pyridine rings is 1. The van der Waals surface area contributed by atoms with Crippen LogP contribution in [0.15, 0.2) is 6.07 Å². The van der Waals surface area contributed by atoms with Gasteiger partial charge in [0, 0.05) is 18.8 Å². The maximum Gasteiger partial charge on any atom is 0.339 e. The molecule has 1 N–H and O–H groups in total. The fourth-order valence-electron chi connectivity index (χ4n) is 2.90. The van der Waals surface area contributed by atoms with E-state index in [0.717, 1.165) is 37.2 Å². The average molecular weight is 262 g/mol. The van der Waals surface area contributed by atoms with Gasteiger partial charge < -0.3 is 10.0 Å². The SMILES string of the molecule is CCC1CCCN(c2nc(C)cc(C)c2C(=O)O)C1. The van der Waals surface area contributed by atoms with E-state index in [1.54, 1.807) is 0 Å². The van der Waals surface area contributed by atoms with Crippen LogP contribution in [0.1, 0.15) is 47.8 Å². The number of piperidine rings is 1. The summed E-state index contributed by atoms with van der Waals surface area (Å²) in [4.78, 5) is 18.1. The predicted molar refractivity (Wildman–Crippen MR) is 75.9 cm³/mol. The Balaban J connectivity index is 2.40. The molecular weight excluding hydrogens is 240 g/mol. The lowest BCUT2D eigenvalue weighted by Gasteiger charge is -2.34. The topological polar surface area (TPSA) is 53.4 Å². The molecule has 0 spiro atoms. The Labute approximate surface area is 114 Å². The summed E-state index contributed by atoms with van der Waals surface area (Å²) in [5, 5.41) is 9.42. The Bertz CT molecular complexity index is 485. The molecule has 2 heterocycles. The first kappa shape index (κ1) is 13.8. The second-order valence-electron chi connectivity index (χ2n) is 5.45. The van der Waals surface area contributed by atoms with Crippen LogP contribution in [0.3, 0.4) is 0 Å². The molecule has 1 aliphatic rings. The van der Waals surface area contributed by atoms with Gasteiger partial charge in [0.15, 0.2) is 0 Å². The Morgan fingerprint density at radius 1 is 1.53 bits per heavy atom. The van der Waals surface area contributed by atoms with Crippen molar-refractivity contribution in [2.45, 2.75) is 40.0 Å². The Hall–Kier alpha value is -1.58. The summed E-state index contributed by atoms with van der Waals surface area (Å²) in [6.45, 7) is 7.80. The van der Waals surface area contributed by atoms with E-state index in [-0.39, 0.29) is 0 Å². The van der Waals surface area contributed by atoms with Gasteiger partial charge in [0.2, 0.25) is 0 Å². The zero-order chi connectivity index (χ0) is 14.0. The maximum atomic E-state index is 11.5. The third-order valence-electron chi connectivity index (χ3n) is 3.94. The number of carboxylic acid groups (broad SMARTS) is 1. The molecule has 0 aromatic carbocycles. The number of carbonyl (C=O) groups is 1. The van der Waals surface area contributed by atoms with Crippen molar-refractivity contribution in [3.05, 3.63) is 22.9 Å². The Morgan fingerprint density at radius 3 is 2.89 bits per heavy atom. The van der Waals surface area contributed by atoms with E-state index in [4.69, 9.17) is 0 Å². The van der Waals surface area contributed by atoms with Crippen LogP contribution in [0, 0.1) is 19.8 Å². The van der Waals surface area contributed by atoms with Gasteiger partial charge >= 0.3 is 5.97 Å². The van der Waals surface area contributed by atoms with Crippen molar-refractivity contribution in [2.24, 2.45) is 5.92 Å². The van der Waals surface area contributed by atoms with Crippen LogP contribution >= 0.6 is 0 Å². The molecule has 0 amide bonds. The number of aryl methyl sites for hydroxylation is 2. The molecule has 1 saturated heterocycles. The first-order valence-electron chi connectivity index (χ1n) is 6.99. The van der Waals surface area contributed by atoms with Gasteiger partial charge in [0.1, 0.15) is 11.4 Å². The number of nitrogens with zero attached hydrogens (tertiary/aromatic N) is 2. The first-order valence-corrected chi connectivity index (χ1v) is 6.99. The number of aromatic carboxylic acids is 1. The molecule has 0 aliphatic carbocycles. The third kappa shape index (κ3) is 2.88. The molecule has 1 aromatic rings. The summed E-state index contributed by atoms with van der Waals surface area (Å²) in [5.74, 6) is 0.430. The molecular formula is C15H22N2O2. The highest BCUT2D eigenvalue weighted by molar-refractivity contribution is 5.95. The summed E-state index contributed by atoms with van der Waals surface area (Å²) in [6.07, 6.45) is 3.50. The van der Waals surface area contributed by atoms with Crippen LogP contribution in [0.5, 0.6) is 0 Å². The van der Waals surface area contributed by atoms with Crippen molar-refractivity contribution >= 4 is 11.8 Å². The minimum atomic E-state index is -0.876. The van der Waals surface area contributed by atoms with E-state index in [0.29, 0.717) is 17.3 Å². The lowest BCUT2D eigenvalue weighted by molar-refractivity contribution is 0.0696. The predicted octanol–water partition coefficient (Wildman–Crippen LogP) is 3.02. The number of hydrogen-bond donors (Lipinski definition) is 1. The molecule has 1 aliphatic heterocycles. The van der Waals surface area contributed by atoms with Gasteiger partial charge in [-0.15, -0.1) is 0 Å². The van der Waals surface area contributed by atoms with Gasteiger partial charge in [-0.05, 0) is 44.2 Å². The van der Waals surface area contributed by atoms with Gasteiger partial charge in [0.05, 0.1) is 0 Å². The zero-order valence-electron chi connectivity index (χ0n) is 11.9. The van der Waals surface area contributed by atoms with Crippen LogP contribution in [-0.2, 0) is 0 Å². The van der Waals surface area contributed by atoms with Gasteiger partial charge in [-0.2, -0.15) is 0 Å². The van der Waals surface area contributed by atoms with E-state index in [9.17, 15) is 9.90 Å². The monoisotopic (exact) mass is 262 g/mol. The van der Waals surface area contributed by atoms with Crippen molar-refractivity contribution in [1.29, 1.82) is 0 Å². The standard InChI is InChI=1S/C15H22N2O2/c1-4-12-6-5-7-17(9-12)14-13(15(18)19)10(2)8-11(3)16-14/h8,12H,4-7,9H2,1-3H3,(H,18,19). The summed E-state index contributed by atoms with van der Waals surface area (Å²) < 4.78 is 0. The fraction of sp³-hybridized carbons (Fsp3) is 0.600. The minimum Gasteiger partial charge on any atom is -0.478 e. The molecule has 4 heteroatoms. The molecule has 0 radical (unpaired) electrons. The van der Waals surface area contributed by atoms with E-state index in [1.807, 2.05) is 19.9 Å². The summed E-state index contributed by atoms with van der Waals surface area (Å²) in [6, 6.07) is 1.84. The number of hydrogen-bond acceptors (Lipinski definition) is 3. The zero-order valence-corrected chi connectivity index (χ0v) is 11.9. The summed E-state index contributed by atoms with van der Waals surface area (Å²) >= 11 is 0. The second-order valence-corrected chi connectivity index (χ2v) is 5.45. The molecule has 1 unspecified atom stereocenters. The highest BCUT2D eigenvalue weighted by atomic mass is 16.4. The maximum absolute atomic E-state index is 11.5. The quantitative estimate of drug-likeness (QED) is 0.909. The molecule has 19 heavy (non-hydrogen) atoms. The van der Waals surface area contributed by atoms with E-state index >= 15 is 0 Å². The van der Waals surface area contributed by atoms with Crippen LogP contribution in [0.2, 0.25) is 0 Å². The molecule has 2 rings (SSSR count). The van der Waals surface area contributed by atoms with Gasteiger partial charge in [0.25, 0.3) is 0 Å². The third-order valence-corrected chi connectivity index (χ3v) is 3.94. The number of anilines is 1. The second kappa shape index (κ2) is 5.59. The normalized spacial score (nSPS) is 19.5. The number of aromatic nitrogens is 1. The minimum absolute atomic E-state index is 0.363. The lowest BCUT2D eigenvalue weighted by atomic mass is 9.95. The highest BCUT2D eigenvalue weighted by Crippen LogP contribution is 2.28. The van der Waals surface area contributed by atoms with E-state index in [2.05, 4.69) is 16.8 Å². The smallest absolute Gasteiger partial charge is 0.339 e. The molecule has 104 valence electrons. The van der Waals surface area contributed by atoms with Crippen molar-refractivity contribution in [2.75, 3.05) is 18.0 Å². The molecule has 1 aromatic heterocycles. The largest absolute Gasteiger partial charge is 0.478 e. The Kier molecular flexibility index (Phi) is 4.08. The number of carboxylic acids is 1. The van der Waals surface area contributed by atoms with Gasteiger partial charge in [-0.25, -0.2) is 9.78 Å². The van der Waals surface area contributed by atoms with Crippen molar-refractivity contribution in [3.8, 4) is 0 Å². The summed E-state index contributed by atoms with van der Waals surface area (Å²) in [7, 11) is 0. The first-order chi connectivity index (χ1) is 9.02. The van der Waals surface area contributed by atoms with Crippen molar-refractivity contribution < 1.29 is 9.90 Å². The van der Waals surface area contributed by atoms with Crippen molar-refractivity contribution in [3.63, 3.8) is 0 Å². The average Bonchev–Trinajstić information content (AvgIpc) is 2.37. The molecule has 1 atom stereocenters. The highest BCUT2D eigenvalue weighted by Gasteiger charge is 2.25. The summed E-state index contributed by atoms with van der Waals surface area (Å²) in [5.41, 5.74) is 2.05. The Morgan fingerprint density at radius 2 is 2.26 bits per heavy atom. The molecule has 4 nitrogen and oxygen atoms in total. The van der Waals surface area contributed by atoms with Crippen LogP contribution in [0.4, 0.5) is 5.82 Å². The number of rotatable bonds is 3. The fourth-order valence-corrected chi connectivity index (χ4v) is 2.90. The van der Waals surface area contributed by atoms with Crippen LogP contribution in [-0.4, -0.2) is 29.1 Å². The van der Waals surface area contributed by atoms with Gasteiger partial charge in [-0.3, -0.25) is 0 Å². The van der Waals surface area contributed by atoms with Crippen molar-refractivity contribution in [1.82, 2.24) is 4.98 Å². The molecule has 0 saturated carbocycles.